The first-order valence-corrected chi connectivity index (χ1v) is 6.96. The molecule has 1 heterocycles. The number of pyridine rings is 1. The molecule has 0 bridgehead atoms. The lowest BCUT2D eigenvalue weighted by atomic mass is 10.1. The van der Waals surface area contributed by atoms with Crippen LogP contribution >= 0.6 is 0 Å². The highest BCUT2D eigenvalue weighted by Gasteiger charge is 2.14. The van der Waals surface area contributed by atoms with Crippen LogP contribution < -0.4 is 15.8 Å². The van der Waals surface area contributed by atoms with E-state index < -0.39 is 5.82 Å². The molecular weight excluding hydrogens is 285 g/mol. The van der Waals surface area contributed by atoms with Gasteiger partial charge < -0.3 is 15.8 Å². The number of halogens is 1. The number of benzene rings is 1. The molecule has 0 spiro atoms. The summed E-state index contributed by atoms with van der Waals surface area (Å²) in [6.45, 7) is 3.96. The molecule has 1 amide bonds. The minimum Gasteiger partial charge on any atom is -0.491 e. The molecule has 0 saturated carbocycles. The van der Waals surface area contributed by atoms with Crippen LogP contribution in [0.15, 0.2) is 36.5 Å². The molecule has 0 fully saturated rings. The van der Waals surface area contributed by atoms with Gasteiger partial charge in [0.15, 0.2) is 11.6 Å². The highest BCUT2D eigenvalue weighted by atomic mass is 19.1. The van der Waals surface area contributed by atoms with Gasteiger partial charge in [0, 0.05) is 6.20 Å². The number of amides is 1. The van der Waals surface area contributed by atoms with Gasteiger partial charge in [-0.05, 0) is 43.7 Å². The Labute approximate surface area is 128 Å². The number of aromatic nitrogens is 1. The van der Waals surface area contributed by atoms with E-state index in [0.717, 1.165) is 0 Å². The van der Waals surface area contributed by atoms with Crippen molar-refractivity contribution in [2.45, 2.75) is 19.9 Å². The van der Waals surface area contributed by atoms with Crippen LogP contribution in [0.2, 0.25) is 0 Å². The van der Waals surface area contributed by atoms with Crippen LogP contribution in [-0.2, 0) is 0 Å². The summed E-state index contributed by atoms with van der Waals surface area (Å²) in [7, 11) is 0. The van der Waals surface area contributed by atoms with E-state index in [1.165, 1.54) is 12.3 Å². The first-order valence-electron chi connectivity index (χ1n) is 6.96. The number of nitrogens with two attached hydrogens (primary N) is 1. The van der Waals surface area contributed by atoms with Gasteiger partial charge in [0.05, 0.1) is 18.2 Å². The molecule has 5 nitrogen and oxygen atoms in total. The number of carbonyl (C=O) groups is 1. The second kappa shape index (κ2) is 6.89. The van der Waals surface area contributed by atoms with Crippen LogP contribution in [0.5, 0.6) is 5.75 Å². The van der Waals surface area contributed by atoms with Crippen molar-refractivity contribution in [1.82, 2.24) is 10.3 Å². The predicted octanol–water partition coefficient (Wildman–Crippen LogP) is 2.69. The molecule has 0 aliphatic carbocycles. The molecule has 116 valence electrons. The molecule has 0 aliphatic heterocycles. The summed E-state index contributed by atoms with van der Waals surface area (Å²) in [4.78, 5) is 16.0. The number of nitrogen functional groups attached to an aromatic ring is 1. The third-order valence-corrected chi connectivity index (χ3v) is 3.15. The average molecular weight is 303 g/mol. The first-order chi connectivity index (χ1) is 10.5. The largest absolute Gasteiger partial charge is 0.491 e. The molecular formula is C16H18FN3O2. The highest BCUT2D eigenvalue weighted by Crippen LogP contribution is 2.22. The van der Waals surface area contributed by atoms with Crippen molar-refractivity contribution >= 4 is 11.7 Å². The van der Waals surface area contributed by atoms with Crippen molar-refractivity contribution in [1.29, 1.82) is 0 Å². The van der Waals surface area contributed by atoms with Gasteiger partial charge in [-0.25, -0.2) is 9.37 Å². The van der Waals surface area contributed by atoms with E-state index in [1.54, 1.807) is 38.1 Å². The zero-order chi connectivity index (χ0) is 16.1. The van der Waals surface area contributed by atoms with Crippen LogP contribution in [0.4, 0.5) is 10.2 Å². The topological polar surface area (TPSA) is 77.2 Å². The second-order valence-corrected chi connectivity index (χ2v) is 4.79. The van der Waals surface area contributed by atoms with Crippen LogP contribution in [0.3, 0.4) is 0 Å². The Morgan fingerprint density at radius 3 is 2.77 bits per heavy atom. The summed E-state index contributed by atoms with van der Waals surface area (Å²) in [5.74, 6) is -0.199. The number of carbonyl (C=O) groups excluding carboxylic acids is 1. The fourth-order valence-corrected chi connectivity index (χ4v) is 1.96. The fraction of sp³-hybridized carbons (Fsp3) is 0.250. The molecule has 2 rings (SSSR count). The molecule has 22 heavy (non-hydrogen) atoms. The van der Waals surface area contributed by atoms with Crippen molar-refractivity contribution in [2.75, 3.05) is 12.3 Å². The zero-order valence-electron chi connectivity index (χ0n) is 12.5. The molecule has 1 aromatic carbocycles. The van der Waals surface area contributed by atoms with E-state index in [9.17, 15) is 9.18 Å². The van der Waals surface area contributed by atoms with E-state index in [2.05, 4.69) is 10.3 Å². The van der Waals surface area contributed by atoms with Gasteiger partial charge in [0.1, 0.15) is 5.82 Å². The second-order valence-electron chi connectivity index (χ2n) is 4.79. The standard InChI is InChI=1S/C16H18FN3O2/c1-3-22-14-6-4-11(8-13(14)17)10(2)20-16(21)12-5-7-15(18)19-9-12/h4-10H,3H2,1-2H3,(H2,18,19)(H,20,21). The van der Waals surface area contributed by atoms with Gasteiger partial charge in [-0.15, -0.1) is 0 Å². The number of rotatable bonds is 5. The lowest BCUT2D eigenvalue weighted by molar-refractivity contribution is 0.0939. The zero-order valence-corrected chi connectivity index (χ0v) is 12.5. The summed E-state index contributed by atoms with van der Waals surface area (Å²) in [5.41, 5.74) is 6.52. The highest BCUT2D eigenvalue weighted by molar-refractivity contribution is 5.94. The first kappa shape index (κ1) is 15.8. The SMILES string of the molecule is CCOc1ccc(C(C)NC(=O)c2ccc(N)nc2)cc1F. The molecule has 0 radical (unpaired) electrons. The van der Waals surface area contributed by atoms with Crippen molar-refractivity contribution in [2.24, 2.45) is 0 Å². The predicted molar refractivity (Wildman–Crippen MR) is 82.1 cm³/mol. The molecule has 0 aliphatic rings. The number of ether oxygens (including phenoxy) is 1. The number of nitrogens with one attached hydrogen (secondary N) is 1. The molecule has 1 atom stereocenters. The van der Waals surface area contributed by atoms with Gasteiger partial charge in [0.25, 0.3) is 5.91 Å². The third-order valence-electron chi connectivity index (χ3n) is 3.15. The van der Waals surface area contributed by atoms with Crippen LogP contribution in [0, 0.1) is 5.82 Å². The maximum Gasteiger partial charge on any atom is 0.253 e. The summed E-state index contributed by atoms with van der Waals surface area (Å²) >= 11 is 0. The van der Waals surface area contributed by atoms with E-state index >= 15 is 0 Å². The maximum absolute atomic E-state index is 13.8. The number of anilines is 1. The molecule has 2 aromatic rings. The normalized spacial score (nSPS) is 11.8. The Hall–Kier alpha value is -2.63. The van der Waals surface area contributed by atoms with Gasteiger partial charge in [-0.2, -0.15) is 0 Å². The lowest BCUT2D eigenvalue weighted by Gasteiger charge is -2.15. The number of hydrogen-bond acceptors (Lipinski definition) is 4. The third kappa shape index (κ3) is 3.72. The van der Waals surface area contributed by atoms with Crippen LogP contribution in [-0.4, -0.2) is 17.5 Å². The number of hydrogen-bond donors (Lipinski definition) is 2. The summed E-state index contributed by atoms with van der Waals surface area (Å²) in [5, 5.41) is 2.78. The Balaban J connectivity index is 2.08. The summed E-state index contributed by atoms with van der Waals surface area (Å²) < 4.78 is 19.0. The van der Waals surface area contributed by atoms with Crippen LogP contribution in [0.1, 0.15) is 35.8 Å². The van der Waals surface area contributed by atoms with Gasteiger partial charge >= 0.3 is 0 Å². The minimum absolute atomic E-state index is 0.201. The van der Waals surface area contributed by atoms with E-state index in [0.29, 0.717) is 23.6 Å². The molecule has 3 N–H and O–H groups in total. The Morgan fingerprint density at radius 2 is 2.18 bits per heavy atom. The van der Waals surface area contributed by atoms with E-state index in [1.807, 2.05) is 0 Å². The monoisotopic (exact) mass is 303 g/mol. The van der Waals surface area contributed by atoms with Gasteiger partial charge in [-0.3, -0.25) is 4.79 Å². The fourth-order valence-electron chi connectivity index (χ4n) is 1.96. The Bertz CT molecular complexity index is 659. The Kier molecular flexibility index (Phi) is 4.93. The maximum atomic E-state index is 13.8. The quantitative estimate of drug-likeness (QED) is 0.890. The summed E-state index contributed by atoms with van der Waals surface area (Å²) in [6.07, 6.45) is 1.40. The summed E-state index contributed by atoms with van der Waals surface area (Å²) in [6, 6.07) is 7.42. The smallest absolute Gasteiger partial charge is 0.253 e. The number of nitrogens with zero attached hydrogens (tertiary/aromatic N) is 1. The average Bonchev–Trinajstić information content (AvgIpc) is 2.50. The van der Waals surface area contributed by atoms with Crippen molar-refractivity contribution < 1.29 is 13.9 Å². The van der Waals surface area contributed by atoms with E-state index in [-0.39, 0.29) is 17.7 Å². The van der Waals surface area contributed by atoms with Gasteiger partial charge in [0.2, 0.25) is 0 Å². The molecule has 0 saturated heterocycles. The minimum atomic E-state index is -0.449. The molecule has 6 heteroatoms. The van der Waals surface area contributed by atoms with Crippen molar-refractivity contribution in [3.8, 4) is 5.75 Å². The molecule has 1 aromatic heterocycles. The van der Waals surface area contributed by atoms with Crippen molar-refractivity contribution in [3.05, 3.63) is 53.5 Å². The van der Waals surface area contributed by atoms with Gasteiger partial charge in [-0.1, -0.05) is 6.07 Å². The lowest BCUT2D eigenvalue weighted by Crippen LogP contribution is -2.26. The Morgan fingerprint density at radius 1 is 1.41 bits per heavy atom. The molecule has 1 unspecified atom stereocenters. The van der Waals surface area contributed by atoms with E-state index in [4.69, 9.17) is 10.5 Å². The van der Waals surface area contributed by atoms with Crippen molar-refractivity contribution in [3.63, 3.8) is 0 Å². The van der Waals surface area contributed by atoms with Crippen LogP contribution in [0.25, 0.3) is 0 Å².